The molecule has 8 aromatic rings. The monoisotopic (exact) mass is 633 g/mol. The van der Waals surface area contributed by atoms with Gasteiger partial charge in [-0.15, -0.1) is 0 Å². The first-order chi connectivity index (χ1) is 22.7. The number of aromatic nitrogens is 3. The summed E-state index contributed by atoms with van der Waals surface area (Å²) >= 11 is 3.44. The molecule has 0 saturated carbocycles. The van der Waals surface area contributed by atoms with Crippen molar-refractivity contribution in [2.24, 2.45) is 0 Å². The Balaban J connectivity index is 0.000000704. The molecule has 1 atom stereocenters. The molecule has 2 aromatic heterocycles. The van der Waals surface area contributed by atoms with E-state index in [4.69, 9.17) is 9.97 Å². The minimum Gasteiger partial charge on any atom is -0.277 e. The number of hydrogen-bond acceptors (Lipinski definition) is 3. The van der Waals surface area contributed by atoms with E-state index in [0.717, 1.165) is 27.9 Å². The maximum absolute atomic E-state index is 5.13. The molecule has 8 rings (SSSR count). The van der Waals surface area contributed by atoms with Crippen LogP contribution in [0, 0.1) is 0 Å². The number of hydrogen-bond donors (Lipinski definition) is 1. The normalized spacial score (nSPS) is 10.7. The van der Waals surface area contributed by atoms with Crippen LogP contribution in [0.4, 0.5) is 0 Å². The third-order valence-corrected chi connectivity index (χ3v) is 7.89. The van der Waals surface area contributed by atoms with Gasteiger partial charge in [0.1, 0.15) is 0 Å². The van der Waals surface area contributed by atoms with Crippen LogP contribution in [0.1, 0.15) is 20.3 Å². The minimum absolute atomic E-state index is 0.669. The number of benzene rings is 6. The zero-order valence-corrected chi connectivity index (χ0v) is 28.1. The summed E-state index contributed by atoms with van der Waals surface area (Å²) < 4.78 is 2.21. The van der Waals surface area contributed by atoms with Gasteiger partial charge in [0.2, 0.25) is 5.95 Å². The van der Waals surface area contributed by atoms with Crippen molar-refractivity contribution in [2.75, 3.05) is 0 Å². The summed E-state index contributed by atoms with van der Waals surface area (Å²) in [6, 6.07) is 51.3. The predicted molar refractivity (Wildman–Crippen MR) is 205 cm³/mol. The minimum atomic E-state index is 0.669. The molecule has 6 aromatic carbocycles. The zero-order valence-electron chi connectivity index (χ0n) is 26.0. The van der Waals surface area contributed by atoms with Gasteiger partial charge in [-0.3, -0.25) is 4.57 Å². The number of nitrogens with zero attached hydrogens (tertiary/aromatic N) is 3. The second kappa shape index (κ2) is 14.6. The van der Waals surface area contributed by atoms with Crippen molar-refractivity contribution in [2.45, 2.75) is 20.3 Å². The lowest BCUT2D eigenvalue weighted by atomic mass is 9.98. The Morgan fingerprint density at radius 2 is 1.13 bits per heavy atom. The van der Waals surface area contributed by atoms with E-state index in [-0.39, 0.29) is 0 Å². The third kappa shape index (κ3) is 6.20. The van der Waals surface area contributed by atoms with Crippen molar-refractivity contribution in [3.05, 3.63) is 152 Å². The molecule has 0 aliphatic carbocycles. The van der Waals surface area contributed by atoms with E-state index >= 15 is 0 Å². The van der Waals surface area contributed by atoms with Crippen molar-refractivity contribution >= 4 is 53.3 Å². The first kappa shape index (κ1) is 31.2. The molecule has 0 aliphatic heterocycles. The van der Waals surface area contributed by atoms with Gasteiger partial charge in [0.05, 0.1) is 16.7 Å². The summed E-state index contributed by atoms with van der Waals surface area (Å²) in [5.74, 6) is 0.669. The molecule has 2 heterocycles. The highest BCUT2D eigenvalue weighted by atomic mass is 32.7. The van der Waals surface area contributed by atoms with Crippen LogP contribution in [-0.2, 0) is 0 Å². The van der Waals surface area contributed by atoms with E-state index in [9.17, 15) is 0 Å². The molecule has 0 saturated heterocycles. The van der Waals surface area contributed by atoms with E-state index in [1.54, 1.807) is 0 Å². The fourth-order valence-electron chi connectivity index (χ4n) is 5.90. The van der Waals surface area contributed by atoms with E-state index in [1.165, 1.54) is 44.7 Å². The van der Waals surface area contributed by atoms with Gasteiger partial charge >= 0.3 is 0 Å². The topological polar surface area (TPSA) is 30.7 Å². The molecule has 0 spiro atoms. The Morgan fingerprint density at radius 3 is 1.89 bits per heavy atom. The summed E-state index contributed by atoms with van der Waals surface area (Å²) in [4.78, 5) is 9.92. The Morgan fingerprint density at radius 1 is 0.543 bits per heavy atom. The van der Waals surface area contributed by atoms with Crippen LogP contribution in [0.2, 0.25) is 0 Å². The van der Waals surface area contributed by atoms with Gasteiger partial charge in [-0.05, 0) is 45.8 Å². The first-order valence-electron chi connectivity index (χ1n) is 15.5. The molecule has 0 N–H and O–H groups in total. The molecular weight excluding hydrogens is 598 g/mol. The standard InChI is InChI=1S/C38H25N3.C3H8.H3PS/c1-2-9-26(10-3-1)27-17-19-28(20-18-27)30-12-8-13-31(25-30)35-23-24-39-38(40-35)41-36-16-7-6-15-33(36)34-22-21-29-11-4-5-14-32(29)37(34)41;1-3-2;1-2/h1-25H;3H2,1-2H3;2H,1H2. The summed E-state index contributed by atoms with van der Waals surface area (Å²) in [5.41, 5.74) is 8.95. The molecule has 1 unspecified atom stereocenters. The number of para-hydroxylation sites is 1. The van der Waals surface area contributed by atoms with Crippen LogP contribution >= 0.6 is 20.7 Å². The summed E-state index contributed by atoms with van der Waals surface area (Å²) in [5, 5.41) is 4.79. The molecule has 5 heteroatoms. The fourth-order valence-corrected chi connectivity index (χ4v) is 5.90. The Labute approximate surface area is 278 Å². The molecule has 46 heavy (non-hydrogen) atoms. The van der Waals surface area contributed by atoms with Crippen LogP contribution in [0.15, 0.2) is 152 Å². The lowest BCUT2D eigenvalue weighted by Gasteiger charge is -2.10. The Kier molecular flexibility index (Phi) is 9.88. The van der Waals surface area contributed by atoms with Crippen LogP contribution in [0.5, 0.6) is 0 Å². The molecular formula is C41H36N3PS. The van der Waals surface area contributed by atoms with Gasteiger partial charge in [0.25, 0.3) is 0 Å². The molecule has 0 amide bonds. The average molecular weight is 634 g/mol. The molecule has 0 aliphatic rings. The average Bonchev–Trinajstić information content (AvgIpc) is 3.48. The zero-order chi connectivity index (χ0) is 31.9. The highest BCUT2D eigenvalue weighted by Crippen LogP contribution is 2.36. The maximum Gasteiger partial charge on any atom is 0.235 e. The van der Waals surface area contributed by atoms with Crippen molar-refractivity contribution in [3.63, 3.8) is 0 Å². The van der Waals surface area contributed by atoms with E-state index in [2.05, 4.69) is 173 Å². The van der Waals surface area contributed by atoms with Crippen molar-refractivity contribution < 1.29 is 0 Å². The van der Waals surface area contributed by atoms with Crippen molar-refractivity contribution in [1.82, 2.24) is 14.5 Å². The smallest absolute Gasteiger partial charge is 0.235 e. The highest BCUT2D eigenvalue weighted by molar-refractivity contribution is 8.31. The predicted octanol–water partition coefficient (Wildman–Crippen LogP) is 11.9. The first-order valence-corrected chi connectivity index (χ1v) is 17.6. The van der Waals surface area contributed by atoms with Crippen LogP contribution in [-0.4, -0.2) is 14.5 Å². The van der Waals surface area contributed by atoms with Gasteiger partial charge in [0, 0.05) is 27.9 Å². The van der Waals surface area contributed by atoms with Crippen molar-refractivity contribution in [3.8, 4) is 39.5 Å². The van der Waals surface area contributed by atoms with Crippen LogP contribution in [0.25, 0.3) is 72.0 Å². The second-order valence-corrected chi connectivity index (χ2v) is 11.0. The second-order valence-electron chi connectivity index (χ2n) is 11.0. The number of fused-ring (bicyclic) bond motifs is 5. The van der Waals surface area contributed by atoms with Crippen LogP contribution in [0.3, 0.4) is 0 Å². The largest absolute Gasteiger partial charge is 0.277 e. The van der Waals surface area contributed by atoms with Gasteiger partial charge in [-0.25, -0.2) is 9.97 Å². The van der Waals surface area contributed by atoms with Crippen LogP contribution < -0.4 is 0 Å². The molecule has 0 radical (unpaired) electrons. The highest BCUT2D eigenvalue weighted by Gasteiger charge is 2.17. The fraction of sp³-hybridized carbons (Fsp3) is 0.0732. The number of thiol groups is 1. The summed E-state index contributed by atoms with van der Waals surface area (Å²) in [7, 11) is 2.11. The van der Waals surface area contributed by atoms with Gasteiger partial charge in [-0.1, -0.05) is 156 Å². The maximum atomic E-state index is 5.13. The van der Waals surface area contributed by atoms with E-state index in [0.29, 0.717) is 5.95 Å². The van der Waals surface area contributed by atoms with Gasteiger partial charge in [-0.2, -0.15) is 12.2 Å². The molecule has 226 valence electrons. The lowest BCUT2D eigenvalue weighted by Crippen LogP contribution is -2.02. The Bertz CT molecular complexity index is 2220. The van der Waals surface area contributed by atoms with E-state index in [1.807, 2.05) is 18.3 Å². The molecule has 3 nitrogen and oxygen atoms in total. The summed E-state index contributed by atoms with van der Waals surface area (Å²) in [6.07, 6.45) is 3.12. The SMILES string of the molecule is CCC.PS.c1ccc(-c2ccc(-c3cccc(-c4ccnc(-n5c6ccccc6c6ccc7ccccc7c65)n4)c3)cc2)cc1. The van der Waals surface area contributed by atoms with Crippen molar-refractivity contribution in [1.29, 1.82) is 0 Å². The third-order valence-electron chi connectivity index (χ3n) is 7.89. The molecule has 0 fully saturated rings. The quantitative estimate of drug-likeness (QED) is 0.154. The Hall–Kier alpha value is -4.76. The lowest BCUT2D eigenvalue weighted by molar-refractivity contribution is 0.994. The van der Waals surface area contributed by atoms with Gasteiger partial charge in [0.15, 0.2) is 0 Å². The van der Waals surface area contributed by atoms with E-state index < -0.39 is 0 Å². The number of rotatable bonds is 4. The van der Waals surface area contributed by atoms with Gasteiger partial charge < -0.3 is 0 Å². The summed E-state index contributed by atoms with van der Waals surface area (Å²) in [6.45, 7) is 4.25. The molecule has 0 bridgehead atoms.